The van der Waals surface area contributed by atoms with Crippen LogP contribution in [0.15, 0.2) is 133 Å². The predicted molar refractivity (Wildman–Crippen MR) is 340 cm³/mol. The van der Waals surface area contributed by atoms with Crippen LogP contribution in [0.2, 0.25) is 10.0 Å². The number of nitrogens with zero attached hydrogens (tertiary/aromatic N) is 4. The molecule has 4 aliphatic rings. The molecule has 4 amide bonds. The largest absolute Gasteiger partial charge is 0.350 e. The Kier molecular flexibility index (Phi) is 22.5. The lowest BCUT2D eigenvalue weighted by molar-refractivity contribution is -0.135. The zero-order chi connectivity index (χ0) is 58.2. The number of hydrogen-bond donors (Lipinski definition) is 4. The third kappa shape index (κ3) is 16.9. The van der Waals surface area contributed by atoms with Crippen LogP contribution in [0.25, 0.3) is 21.5 Å². The maximum atomic E-state index is 14.1. The number of fused-ring (bicyclic) bond motifs is 2. The lowest BCUT2D eigenvalue weighted by atomic mass is 9.87. The van der Waals surface area contributed by atoms with Crippen molar-refractivity contribution in [2.45, 2.75) is 134 Å². The second-order valence-electron chi connectivity index (χ2n) is 23.9. The van der Waals surface area contributed by atoms with E-state index in [1.165, 1.54) is 30.4 Å². The number of carbonyl (C=O) groups excluding carboxylic acids is 4. The van der Waals surface area contributed by atoms with Crippen LogP contribution in [-0.2, 0) is 9.59 Å². The summed E-state index contributed by atoms with van der Waals surface area (Å²) in [7, 11) is 0. The van der Waals surface area contributed by atoms with Crippen molar-refractivity contribution in [1.82, 2.24) is 40.9 Å². The molecule has 2 unspecified atom stereocenters. The van der Waals surface area contributed by atoms with Gasteiger partial charge in [0.25, 0.3) is 11.8 Å². The smallest absolute Gasteiger partial charge is 0.251 e. The number of rotatable bonds is 19. The minimum Gasteiger partial charge on any atom is -0.350 e. The number of piperidine rings is 2. The van der Waals surface area contributed by atoms with E-state index in [2.05, 4.69) is 117 Å². The number of amides is 4. The summed E-state index contributed by atoms with van der Waals surface area (Å²) in [5.41, 5.74) is 3.82. The summed E-state index contributed by atoms with van der Waals surface area (Å²) in [6.45, 7) is 17.9. The van der Waals surface area contributed by atoms with Gasteiger partial charge in [-0.05, 0) is 185 Å². The number of nitrogens with one attached hydrogen (secondary N) is 4. The van der Waals surface area contributed by atoms with Gasteiger partial charge in [0.05, 0.1) is 12.1 Å². The number of hydrogen-bond acceptors (Lipinski definition) is 8. The highest BCUT2D eigenvalue weighted by atomic mass is 35.5. The lowest BCUT2D eigenvalue weighted by Gasteiger charge is -2.39. The van der Waals surface area contributed by atoms with Crippen LogP contribution >= 0.6 is 23.2 Å². The van der Waals surface area contributed by atoms with Crippen LogP contribution in [0, 0.1) is 5.92 Å². The fourth-order valence-electron chi connectivity index (χ4n) is 12.9. The molecule has 12 nitrogen and oxygen atoms in total. The summed E-state index contributed by atoms with van der Waals surface area (Å²) >= 11 is 12.3. The first-order valence-electron chi connectivity index (χ1n) is 30.9. The van der Waals surface area contributed by atoms with Gasteiger partial charge in [0.1, 0.15) is 0 Å². The second kappa shape index (κ2) is 30.3. The summed E-state index contributed by atoms with van der Waals surface area (Å²) in [4.78, 5) is 63.5. The van der Waals surface area contributed by atoms with E-state index in [4.69, 9.17) is 23.2 Å². The molecule has 0 radical (unpaired) electrons. The summed E-state index contributed by atoms with van der Waals surface area (Å²) in [5.74, 6) is 1.11. The van der Waals surface area contributed by atoms with Crippen molar-refractivity contribution in [2.24, 2.45) is 5.92 Å². The van der Waals surface area contributed by atoms with Crippen molar-refractivity contribution in [3.05, 3.63) is 166 Å². The van der Waals surface area contributed by atoms with Crippen LogP contribution in [0.5, 0.6) is 0 Å². The molecule has 442 valence electrons. The Morgan fingerprint density at radius 3 is 1.52 bits per heavy atom. The second-order valence-corrected chi connectivity index (χ2v) is 24.8. The fraction of sp³-hybridized carbons (Fsp3) is 0.478. The molecule has 0 aromatic heterocycles. The first-order chi connectivity index (χ1) is 40.3. The van der Waals surface area contributed by atoms with E-state index in [9.17, 15) is 19.2 Å². The highest BCUT2D eigenvalue weighted by Crippen LogP contribution is 2.30. The Hall–Kier alpha value is -5.86. The number of likely N-dealkylation sites (tertiary alicyclic amines) is 2. The number of carbonyl (C=O) groups is 4. The van der Waals surface area contributed by atoms with Crippen molar-refractivity contribution < 1.29 is 19.2 Å². The Morgan fingerprint density at radius 1 is 0.554 bits per heavy atom. The van der Waals surface area contributed by atoms with Gasteiger partial charge in [-0.1, -0.05) is 128 Å². The van der Waals surface area contributed by atoms with Gasteiger partial charge < -0.3 is 40.9 Å². The van der Waals surface area contributed by atoms with Gasteiger partial charge in [-0.3, -0.25) is 19.2 Å². The molecule has 4 heterocycles. The van der Waals surface area contributed by atoms with Gasteiger partial charge in [0, 0.05) is 96.9 Å². The third-order valence-corrected chi connectivity index (χ3v) is 18.5. The average molecular weight is 1160 g/mol. The van der Waals surface area contributed by atoms with Crippen molar-refractivity contribution in [1.29, 1.82) is 0 Å². The van der Waals surface area contributed by atoms with Gasteiger partial charge >= 0.3 is 0 Å². The monoisotopic (exact) mass is 1160 g/mol. The molecular weight excluding hydrogens is 1080 g/mol. The van der Waals surface area contributed by atoms with Crippen LogP contribution in [0.3, 0.4) is 0 Å². The molecule has 4 saturated heterocycles. The van der Waals surface area contributed by atoms with E-state index in [-0.39, 0.29) is 53.7 Å². The molecule has 0 saturated carbocycles. The fourth-order valence-corrected chi connectivity index (χ4v) is 13.2. The quantitative estimate of drug-likeness (QED) is 0.0631. The highest BCUT2D eigenvalue weighted by Gasteiger charge is 2.39. The maximum Gasteiger partial charge on any atom is 0.251 e. The molecule has 0 bridgehead atoms. The van der Waals surface area contributed by atoms with E-state index in [1.54, 1.807) is 0 Å². The number of benzene rings is 6. The molecule has 0 aliphatic carbocycles. The summed E-state index contributed by atoms with van der Waals surface area (Å²) in [6, 6.07) is 43.9. The highest BCUT2D eigenvalue weighted by molar-refractivity contribution is 6.31. The number of halogens is 2. The molecule has 83 heavy (non-hydrogen) atoms. The Morgan fingerprint density at radius 2 is 1.02 bits per heavy atom. The first-order valence-corrected chi connectivity index (χ1v) is 31.7. The molecule has 4 N–H and O–H groups in total. The van der Waals surface area contributed by atoms with Crippen LogP contribution in [0.1, 0.15) is 136 Å². The Bertz CT molecular complexity index is 3080. The Balaban J connectivity index is 0.000000200. The average Bonchev–Trinajstić information content (AvgIpc) is 3.99. The van der Waals surface area contributed by atoms with E-state index in [0.717, 1.165) is 112 Å². The molecule has 4 fully saturated rings. The van der Waals surface area contributed by atoms with Crippen molar-refractivity contribution in [3.63, 3.8) is 0 Å². The van der Waals surface area contributed by atoms with Crippen LogP contribution in [-0.4, -0.2) is 145 Å². The van der Waals surface area contributed by atoms with Gasteiger partial charge in [-0.15, -0.1) is 0 Å². The van der Waals surface area contributed by atoms with Gasteiger partial charge in [0.15, 0.2) is 0 Å². The van der Waals surface area contributed by atoms with Gasteiger partial charge in [-0.2, -0.15) is 0 Å². The molecule has 6 atom stereocenters. The summed E-state index contributed by atoms with van der Waals surface area (Å²) in [6.07, 6.45) is 10.1. The topological polar surface area (TPSA) is 129 Å². The van der Waals surface area contributed by atoms with Crippen molar-refractivity contribution >= 4 is 68.4 Å². The van der Waals surface area contributed by atoms with E-state index >= 15 is 0 Å². The molecule has 4 aliphatic heterocycles. The van der Waals surface area contributed by atoms with Crippen molar-refractivity contribution in [2.75, 3.05) is 72.0 Å². The standard InChI is InChI=1S/C35H45ClN4O2.C34H43ClN4O2/c1-4-25(26-8-6-5-7-9-26)23-40-19-16-32(38-33(35(40)42)27-14-17-39(18-15-27)24(2)3)22-37-34(41)30-11-10-29-21-31(36)13-12-28(29)20-30;1-2-25(26-9-5-3-6-10-26)24-39-20-15-31(37-32(34(39)41)16-19-38-17-7-4-8-18-38)23-36-33(40)29-12-11-28-22-30(35)14-13-27(28)21-29/h5-13,20-21,24-25,27,32-33,38H,4,14-19,22-23H2,1-3H3,(H,37,41);3,5-6,9-14,21-22,25,31-32,37H,2,4,7-8,15-20,23-24H2,1H3,(H,36,40)/t25?,32?,33-;25-,31-,32-/m00/s1. The molecule has 6 aromatic rings. The van der Waals surface area contributed by atoms with Gasteiger partial charge in [-0.25, -0.2) is 0 Å². The lowest BCUT2D eigenvalue weighted by Crippen LogP contribution is -2.55. The third-order valence-electron chi connectivity index (χ3n) is 18.0. The first kappa shape index (κ1) is 61.7. The Labute approximate surface area is 503 Å². The zero-order valence-corrected chi connectivity index (χ0v) is 50.9. The molecule has 14 heteroatoms. The zero-order valence-electron chi connectivity index (χ0n) is 49.3. The summed E-state index contributed by atoms with van der Waals surface area (Å²) in [5, 5.41) is 19.1. The summed E-state index contributed by atoms with van der Waals surface area (Å²) < 4.78 is 0. The maximum absolute atomic E-state index is 14.1. The predicted octanol–water partition coefficient (Wildman–Crippen LogP) is 11.9. The minimum absolute atomic E-state index is 0.0205. The van der Waals surface area contributed by atoms with E-state index in [1.807, 2.05) is 84.9 Å². The van der Waals surface area contributed by atoms with Crippen LogP contribution in [0.4, 0.5) is 0 Å². The van der Waals surface area contributed by atoms with E-state index in [0.29, 0.717) is 65.2 Å². The SMILES string of the molecule is CCC(CN1CCC(CNC(=O)c2ccc3cc(Cl)ccc3c2)N[C@@H](C2CCN(C(C)C)CC2)C1=O)c1ccccc1.CC[C@@H](CN1CC[C@@H](CNC(=O)c2ccc3cc(Cl)ccc3c2)N[C@@H](CCN2CCCCC2)C1=O)c1ccccc1. The minimum atomic E-state index is -0.250. The van der Waals surface area contributed by atoms with Crippen molar-refractivity contribution in [3.8, 4) is 0 Å². The molecule has 6 aromatic carbocycles. The normalized spacial score (nSPS) is 21.2. The van der Waals surface area contributed by atoms with E-state index < -0.39 is 0 Å². The molecule has 0 spiro atoms. The molecule has 10 rings (SSSR count). The molecular formula is C69H88Cl2N8O4. The van der Waals surface area contributed by atoms with Gasteiger partial charge in [0.2, 0.25) is 11.8 Å². The van der Waals surface area contributed by atoms with Crippen LogP contribution < -0.4 is 21.3 Å².